The Kier molecular flexibility index (Phi) is 3.10. The Bertz CT molecular complexity index is 185. The molecule has 1 fully saturated rings. The van der Waals surface area contributed by atoms with Crippen LogP contribution in [0.25, 0.3) is 0 Å². The Balaban J connectivity index is 2.47. The number of likely N-dealkylation sites (N-methyl/N-ethyl adjacent to an activating group) is 1. The quantitative estimate of drug-likeness (QED) is 0.543. The highest BCUT2D eigenvalue weighted by atomic mass is 15.2. The van der Waals surface area contributed by atoms with E-state index < -0.39 is 0 Å². The fourth-order valence-corrected chi connectivity index (χ4v) is 1.70. The minimum absolute atomic E-state index is 0.0706. The summed E-state index contributed by atoms with van der Waals surface area (Å²) >= 11 is 0. The van der Waals surface area contributed by atoms with Crippen molar-refractivity contribution >= 4 is 0 Å². The van der Waals surface area contributed by atoms with E-state index in [9.17, 15) is 0 Å². The number of likely N-dealkylation sites (tertiary alicyclic amines) is 1. The SMILES string of the molecule is C#CCNC1(CN)CCN(C)C1. The predicted molar refractivity (Wildman–Crippen MR) is 50.7 cm³/mol. The van der Waals surface area contributed by atoms with Crippen LogP contribution in [-0.4, -0.2) is 43.7 Å². The summed E-state index contributed by atoms with van der Waals surface area (Å²) in [5, 5.41) is 3.32. The fourth-order valence-electron chi connectivity index (χ4n) is 1.70. The predicted octanol–water partition coefficient (Wildman–Crippen LogP) is -0.758. The van der Waals surface area contributed by atoms with Gasteiger partial charge in [-0.1, -0.05) is 5.92 Å². The molecule has 0 amide bonds. The maximum atomic E-state index is 5.71. The summed E-state index contributed by atoms with van der Waals surface area (Å²) in [5.41, 5.74) is 5.78. The molecule has 0 bridgehead atoms. The molecule has 0 radical (unpaired) electrons. The Hall–Kier alpha value is -0.560. The van der Waals surface area contributed by atoms with Gasteiger partial charge in [0, 0.05) is 18.6 Å². The molecule has 68 valence electrons. The van der Waals surface area contributed by atoms with E-state index in [1.165, 1.54) is 0 Å². The van der Waals surface area contributed by atoms with Crippen LogP contribution < -0.4 is 11.1 Å². The molecule has 1 rings (SSSR count). The van der Waals surface area contributed by atoms with E-state index in [-0.39, 0.29) is 5.54 Å². The van der Waals surface area contributed by atoms with Crippen molar-refractivity contribution in [3.63, 3.8) is 0 Å². The van der Waals surface area contributed by atoms with Gasteiger partial charge in [0.15, 0.2) is 0 Å². The van der Waals surface area contributed by atoms with Crippen LogP contribution in [0, 0.1) is 12.3 Å². The maximum absolute atomic E-state index is 5.71. The lowest BCUT2D eigenvalue weighted by Gasteiger charge is -2.27. The number of hydrogen-bond donors (Lipinski definition) is 2. The topological polar surface area (TPSA) is 41.3 Å². The third kappa shape index (κ3) is 1.98. The largest absolute Gasteiger partial charge is 0.329 e. The van der Waals surface area contributed by atoms with Crippen LogP contribution >= 0.6 is 0 Å². The monoisotopic (exact) mass is 167 g/mol. The van der Waals surface area contributed by atoms with E-state index in [0.29, 0.717) is 13.1 Å². The zero-order chi connectivity index (χ0) is 9.03. The van der Waals surface area contributed by atoms with Crippen LogP contribution in [0.1, 0.15) is 6.42 Å². The van der Waals surface area contributed by atoms with Crippen LogP contribution in [0.3, 0.4) is 0 Å². The average molecular weight is 167 g/mol. The molecule has 3 nitrogen and oxygen atoms in total. The van der Waals surface area contributed by atoms with Crippen LogP contribution in [0.2, 0.25) is 0 Å². The maximum Gasteiger partial charge on any atom is 0.0578 e. The Morgan fingerprint density at radius 1 is 1.75 bits per heavy atom. The molecule has 1 atom stereocenters. The van der Waals surface area contributed by atoms with Crippen molar-refractivity contribution in [1.29, 1.82) is 0 Å². The van der Waals surface area contributed by atoms with Gasteiger partial charge in [0.05, 0.1) is 6.54 Å². The zero-order valence-corrected chi connectivity index (χ0v) is 7.64. The molecule has 1 unspecified atom stereocenters. The molecule has 1 saturated heterocycles. The molecule has 0 aromatic carbocycles. The number of nitrogens with one attached hydrogen (secondary N) is 1. The van der Waals surface area contributed by atoms with Crippen molar-refractivity contribution in [3.8, 4) is 12.3 Å². The third-order valence-corrected chi connectivity index (χ3v) is 2.50. The smallest absolute Gasteiger partial charge is 0.0578 e. The van der Waals surface area contributed by atoms with E-state index >= 15 is 0 Å². The summed E-state index contributed by atoms with van der Waals surface area (Å²) in [4.78, 5) is 2.27. The van der Waals surface area contributed by atoms with Gasteiger partial charge < -0.3 is 10.6 Å². The minimum Gasteiger partial charge on any atom is -0.329 e. The van der Waals surface area contributed by atoms with Crippen molar-refractivity contribution in [3.05, 3.63) is 0 Å². The number of terminal acetylenes is 1. The summed E-state index contributed by atoms with van der Waals surface area (Å²) in [7, 11) is 2.11. The molecule has 1 aliphatic rings. The van der Waals surface area contributed by atoms with Crippen LogP contribution in [-0.2, 0) is 0 Å². The molecule has 12 heavy (non-hydrogen) atoms. The molecule has 0 spiro atoms. The van der Waals surface area contributed by atoms with Crippen molar-refractivity contribution in [2.24, 2.45) is 5.73 Å². The van der Waals surface area contributed by atoms with E-state index in [0.717, 1.165) is 19.5 Å². The van der Waals surface area contributed by atoms with Gasteiger partial charge in [-0.2, -0.15) is 0 Å². The number of hydrogen-bond acceptors (Lipinski definition) is 3. The molecule has 0 aromatic rings. The molecule has 3 N–H and O–H groups in total. The van der Waals surface area contributed by atoms with Gasteiger partial charge >= 0.3 is 0 Å². The lowest BCUT2D eigenvalue weighted by Crippen LogP contribution is -2.53. The van der Waals surface area contributed by atoms with Gasteiger partial charge in [-0.3, -0.25) is 5.32 Å². The van der Waals surface area contributed by atoms with Crippen molar-refractivity contribution in [1.82, 2.24) is 10.2 Å². The normalized spacial score (nSPS) is 30.4. The van der Waals surface area contributed by atoms with E-state index in [1.807, 2.05) is 0 Å². The lowest BCUT2D eigenvalue weighted by atomic mass is 9.99. The summed E-state index contributed by atoms with van der Waals surface area (Å²) in [5.74, 6) is 2.58. The van der Waals surface area contributed by atoms with Gasteiger partial charge in [-0.15, -0.1) is 6.42 Å². The van der Waals surface area contributed by atoms with Gasteiger partial charge in [0.2, 0.25) is 0 Å². The molecule has 0 aliphatic carbocycles. The number of rotatable bonds is 3. The zero-order valence-electron chi connectivity index (χ0n) is 7.64. The highest BCUT2D eigenvalue weighted by Crippen LogP contribution is 2.18. The molecule has 1 heterocycles. The standard InChI is InChI=1S/C9H17N3/c1-3-5-11-9(7-10)4-6-12(2)8-9/h1,11H,4-8,10H2,2H3. The van der Waals surface area contributed by atoms with E-state index in [2.05, 4.69) is 23.2 Å². The highest BCUT2D eigenvalue weighted by molar-refractivity contribution is 5.00. The summed E-state index contributed by atoms with van der Waals surface area (Å²) in [6.07, 6.45) is 6.29. The Morgan fingerprint density at radius 2 is 2.50 bits per heavy atom. The second-order valence-corrected chi connectivity index (χ2v) is 3.53. The van der Waals surface area contributed by atoms with Crippen molar-refractivity contribution < 1.29 is 0 Å². The van der Waals surface area contributed by atoms with E-state index in [4.69, 9.17) is 12.2 Å². The summed E-state index contributed by atoms with van der Waals surface area (Å²) < 4.78 is 0. The molecule has 3 heteroatoms. The first-order valence-electron chi connectivity index (χ1n) is 4.29. The van der Waals surface area contributed by atoms with Crippen LogP contribution in [0.4, 0.5) is 0 Å². The Labute approximate surface area is 74.3 Å². The first-order valence-corrected chi connectivity index (χ1v) is 4.29. The fraction of sp³-hybridized carbons (Fsp3) is 0.778. The van der Waals surface area contributed by atoms with Crippen LogP contribution in [0.15, 0.2) is 0 Å². The first kappa shape index (κ1) is 9.53. The van der Waals surface area contributed by atoms with Gasteiger partial charge in [0.25, 0.3) is 0 Å². The van der Waals surface area contributed by atoms with Gasteiger partial charge in [0.1, 0.15) is 0 Å². The third-order valence-electron chi connectivity index (χ3n) is 2.50. The summed E-state index contributed by atoms with van der Waals surface area (Å²) in [6.45, 7) is 3.39. The molecule has 0 saturated carbocycles. The second kappa shape index (κ2) is 3.90. The summed E-state index contributed by atoms with van der Waals surface area (Å²) in [6, 6.07) is 0. The first-order chi connectivity index (χ1) is 5.72. The molecular formula is C9H17N3. The lowest BCUT2D eigenvalue weighted by molar-refractivity contribution is 0.328. The van der Waals surface area contributed by atoms with Crippen LogP contribution in [0.5, 0.6) is 0 Å². The number of nitrogens with zero attached hydrogens (tertiary/aromatic N) is 1. The molecular weight excluding hydrogens is 150 g/mol. The highest BCUT2D eigenvalue weighted by Gasteiger charge is 2.34. The van der Waals surface area contributed by atoms with Crippen molar-refractivity contribution in [2.75, 3.05) is 33.2 Å². The van der Waals surface area contributed by atoms with Crippen molar-refractivity contribution in [2.45, 2.75) is 12.0 Å². The number of nitrogens with two attached hydrogens (primary N) is 1. The van der Waals surface area contributed by atoms with Gasteiger partial charge in [-0.25, -0.2) is 0 Å². The van der Waals surface area contributed by atoms with Gasteiger partial charge in [-0.05, 0) is 20.0 Å². The minimum atomic E-state index is 0.0706. The molecule has 0 aromatic heterocycles. The molecule has 1 aliphatic heterocycles. The van der Waals surface area contributed by atoms with E-state index in [1.54, 1.807) is 0 Å². The second-order valence-electron chi connectivity index (χ2n) is 3.53. The average Bonchev–Trinajstić information content (AvgIpc) is 2.45. The Morgan fingerprint density at radius 3 is 2.92 bits per heavy atom.